The lowest BCUT2D eigenvalue weighted by Crippen LogP contribution is -2.17. The predicted octanol–water partition coefficient (Wildman–Crippen LogP) is 2.06. The maximum absolute atomic E-state index is 12.5. The molecule has 1 N–H and O–H groups in total. The second-order valence-electron chi connectivity index (χ2n) is 3.20. The van der Waals surface area contributed by atoms with E-state index < -0.39 is 5.95 Å². The summed E-state index contributed by atoms with van der Waals surface area (Å²) in [6.07, 6.45) is 2.40. The number of anilines is 1. The van der Waals surface area contributed by atoms with Crippen molar-refractivity contribution in [2.45, 2.75) is 19.4 Å². The highest BCUT2D eigenvalue weighted by Gasteiger charge is 2.01. The molecule has 0 fully saturated rings. The molecule has 0 spiro atoms. The van der Waals surface area contributed by atoms with Gasteiger partial charge < -0.3 is 10.1 Å². The number of halogens is 1. The van der Waals surface area contributed by atoms with Crippen LogP contribution in [0.15, 0.2) is 18.3 Å². The Balaban J connectivity index is 2.39. The molecular weight excluding hydrogens is 183 g/mol. The normalized spacial score (nSPS) is 12.5. The fourth-order valence-corrected chi connectivity index (χ4v) is 1.11. The molecule has 0 aliphatic carbocycles. The molecular formula is C10H15FN2O. The number of nitrogens with zero attached hydrogens (tertiary/aromatic N) is 1. The average molecular weight is 198 g/mol. The van der Waals surface area contributed by atoms with Crippen LogP contribution in [0.1, 0.15) is 13.3 Å². The number of hydrogen-bond acceptors (Lipinski definition) is 3. The lowest BCUT2D eigenvalue weighted by molar-refractivity contribution is 0.191. The first kappa shape index (κ1) is 10.9. The molecule has 0 saturated heterocycles. The van der Waals surface area contributed by atoms with Crippen LogP contribution >= 0.6 is 0 Å². The summed E-state index contributed by atoms with van der Waals surface area (Å²) in [5, 5.41) is 3.19. The van der Waals surface area contributed by atoms with E-state index in [9.17, 15) is 4.39 Å². The summed E-state index contributed by atoms with van der Waals surface area (Å²) in [6, 6.07) is 3.30. The van der Waals surface area contributed by atoms with Crippen molar-refractivity contribution in [3.63, 3.8) is 0 Å². The summed E-state index contributed by atoms with van der Waals surface area (Å²) in [5.74, 6) is -0.458. The zero-order valence-corrected chi connectivity index (χ0v) is 8.46. The molecule has 1 aromatic heterocycles. The Kier molecular flexibility index (Phi) is 4.32. The number of hydrogen-bond donors (Lipinski definition) is 1. The third-order valence-electron chi connectivity index (χ3n) is 1.90. The van der Waals surface area contributed by atoms with Gasteiger partial charge >= 0.3 is 0 Å². The minimum atomic E-state index is -0.458. The smallest absolute Gasteiger partial charge is 0.212 e. The van der Waals surface area contributed by atoms with Gasteiger partial charge in [-0.3, -0.25) is 0 Å². The number of aromatic nitrogens is 1. The van der Waals surface area contributed by atoms with Crippen molar-refractivity contribution < 1.29 is 9.13 Å². The molecule has 0 bridgehead atoms. The molecule has 0 amide bonds. The molecule has 0 radical (unpaired) electrons. The number of pyridine rings is 1. The summed E-state index contributed by atoms with van der Waals surface area (Å²) < 4.78 is 17.4. The Morgan fingerprint density at radius 3 is 2.93 bits per heavy atom. The lowest BCUT2D eigenvalue weighted by Gasteiger charge is -2.13. The summed E-state index contributed by atoms with van der Waals surface area (Å²) in [4.78, 5) is 3.55. The molecule has 1 atom stereocenters. The number of nitrogens with one attached hydrogen (secondary N) is 1. The fraction of sp³-hybridized carbons (Fsp3) is 0.500. The van der Waals surface area contributed by atoms with Gasteiger partial charge in [0.1, 0.15) is 0 Å². The first-order chi connectivity index (χ1) is 6.72. The van der Waals surface area contributed by atoms with Crippen molar-refractivity contribution in [1.82, 2.24) is 4.98 Å². The SMILES string of the molecule is COCCC(C)Nc1ccc(F)nc1. The van der Waals surface area contributed by atoms with E-state index in [1.807, 2.05) is 6.92 Å². The van der Waals surface area contributed by atoms with Gasteiger partial charge in [0.25, 0.3) is 0 Å². The highest BCUT2D eigenvalue weighted by molar-refractivity contribution is 5.40. The summed E-state index contributed by atoms with van der Waals surface area (Å²) >= 11 is 0. The Hall–Kier alpha value is -1.16. The molecule has 3 nitrogen and oxygen atoms in total. The van der Waals surface area contributed by atoms with Gasteiger partial charge in [-0.25, -0.2) is 4.98 Å². The van der Waals surface area contributed by atoms with Crippen molar-refractivity contribution in [2.24, 2.45) is 0 Å². The van der Waals surface area contributed by atoms with Crippen LogP contribution in [0.5, 0.6) is 0 Å². The van der Waals surface area contributed by atoms with Gasteiger partial charge in [-0.2, -0.15) is 4.39 Å². The third kappa shape index (κ3) is 3.70. The first-order valence-corrected chi connectivity index (χ1v) is 4.59. The molecule has 78 valence electrons. The van der Waals surface area contributed by atoms with Crippen LogP contribution in [0.4, 0.5) is 10.1 Å². The number of methoxy groups -OCH3 is 1. The topological polar surface area (TPSA) is 34.1 Å². The van der Waals surface area contributed by atoms with Crippen LogP contribution in [0.3, 0.4) is 0 Å². The predicted molar refractivity (Wildman–Crippen MR) is 53.8 cm³/mol. The standard InChI is InChI=1S/C10H15FN2O/c1-8(5-6-14-2)13-9-3-4-10(11)12-7-9/h3-4,7-8,13H,5-6H2,1-2H3. The molecule has 1 heterocycles. The lowest BCUT2D eigenvalue weighted by atomic mass is 10.2. The van der Waals surface area contributed by atoms with E-state index in [1.165, 1.54) is 12.3 Å². The Morgan fingerprint density at radius 1 is 1.57 bits per heavy atom. The van der Waals surface area contributed by atoms with Crippen molar-refractivity contribution in [1.29, 1.82) is 0 Å². The van der Waals surface area contributed by atoms with Gasteiger partial charge in [0, 0.05) is 19.8 Å². The first-order valence-electron chi connectivity index (χ1n) is 4.59. The summed E-state index contributed by atoms with van der Waals surface area (Å²) in [7, 11) is 1.67. The van der Waals surface area contributed by atoms with Crippen LogP contribution in [-0.2, 0) is 4.74 Å². The molecule has 1 rings (SSSR count). The van der Waals surface area contributed by atoms with Crippen molar-refractivity contribution in [3.8, 4) is 0 Å². The van der Waals surface area contributed by atoms with E-state index in [4.69, 9.17) is 4.74 Å². The van der Waals surface area contributed by atoms with Gasteiger partial charge in [-0.05, 0) is 25.5 Å². The summed E-state index contributed by atoms with van der Waals surface area (Å²) in [6.45, 7) is 2.76. The molecule has 0 aliphatic rings. The van der Waals surface area contributed by atoms with Crippen LogP contribution < -0.4 is 5.32 Å². The van der Waals surface area contributed by atoms with Crippen LogP contribution in [-0.4, -0.2) is 24.7 Å². The van der Waals surface area contributed by atoms with Gasteiger partial charge in [-0.1, -0.05) is 0 Å². The Morgan fingerprint density at radius 2 is 2.36 bits per heavy atom. The maximum atomic E-state index is 12.5. The number of ether oxygens (including phenoxy) is 1. The minimum absolute atomic E-state index is 0.294. The van der Waals surface area contributed by atoms with E-state index in [0.29, 0.717) is 12.6 Å². The van der Waals surface area contributed by atoms with E-state index in [0.717, 1.165) is 12.1 Å². The van der Waals surface area contributed by atoms with E-state index in [1.54, 1.807) is 13.2 Å². The molecule has 4 heteroatoms. The quantitative estimate of drug-likeness (QED) is 0.735. The Labute approximate surface area is 83.3 Å². The van der Waals surface area contributed by atoms with Crippen LogP contribution in [0.2, 0.25) is 0 Å². The zero-order valence-electron chi connectivity index (χ0n) is 8.46. The maximum Gasteiger partial charge on any atom is 0.212 e. The van der Waals surface area contributed by atoms with E-state index >= 15 is 0 Å². The average Bonchev–Trinajstić information content (AvgIpc) is 2.18. The van der Waals surface area contributed by atoms with Crippen molar-refractivity contribution >= 4 is 5.69 Å². The molecule has 0 saturated carbocycles. The third-order valence-corrected chi connectivity index (χ3v) is 1.90. The summed E-state index contributed by atoms with van der Waals surface area (Å²) in [5.41, 5.74) is 0.829. The van der Waals surface area contributed by atoms with Gasteiger partial charge in [-0.15, -0.1) is 0 Å². The molecule has 0 aromatic carbocycles. The van der Waals surface area contributed by atoms with Crippen molar-refractivity contribution in [3.05, 3.63) is 24.3 Å². The zero-order chi connectivity index (χ0) is 10.4. The second kappa shape index (κ2) is 5.54. The fourth-order valence-electron chi connectivity index (χ4n) is 1.11. The highest BCUT2D eigenvalue weighted by Crippen LogP contribution is 2.08. The molecule has 1 unspecified atom stereocenters. The van der Waals surface area contributed by atoms with Gasteiger partial charge in [0.15, 0.2) is 0 Å². The van der Waals surface area contributed by atoms with Crippen molar-refractivity contribution in [2.75, 3.05) is 19.0 Å². The Bertz CT molecular complexity index is 263. The monoisotopic (exact) mass is 198 g/mol. The van der Waals surface area contributed by atoms with E-state index in [2.05, 4.69) is 10.3 Å². The van der Waals surface area contributed by atoms with Gasteiger partial charge in [0.2, 0.25) is 5.95 Å². The van der Waals surface area contributed by atoms with E-state index in [-0.39, 0.29) is 0 Å². The minimum Gasteiger partial charge on any atom is -0.385 e. The van der Waals surface area contributed by atoms with Crippen LogP contribution in [0.25, 0.3) is 0 Å². The second-order valence-corrected chi connectivity index (χ2v) is 3.20. The van der Waals surface area contributed by atoms with Crippen LogP contribution in [0, 0.1) is 5.95 Å². The largest absolute Gasteiger partial charge is 0.385 e. The number of rotatable bonds is 5. The molecule has 1 aromatic rings. The molecule has 14 heavy (non-hydrogen) atoms. The molecule has 0 aliphatic heterocycles. The van der Waals surface area contributed by atoms with Gasteiger partial charge in [0.05, 0.1) is 11.9 Å². The highest BCUT2D eigenvalue weighted by atomic mass is 19.1.